The van der Waals surface area contributed by atoms with E-state index in [-0.39, 0.29) is 12.0 Å². The summed E-state index contributed by atoms with van der Waals surface area (Å²) in [6.45, 7) is 5.98. The summed E-state index contributed by atoms with van der Waals surface area (Å²) in [6.07, 6.45) is 0.294. The second-order valence-corrected chi connectivity index (χ2v) is 9.78. The molecule has 1 spiro atoms. The minimum absolute atomic E-state index is 0.243. The molecule has 9 heteroatoms. The first kappa shape index (κ1) is 22.6. The molecule has 2 aromatic carbocycles. The molecule has 0 radical (unpaired) electrons. The van der Waals surface area contributed by atoms with Crippen molar-refractivity contribution in [1.82, 2.24) is 20.0 Å². The van der Waals surface area contributed by atoms with Crippen LogP contribution in [-0.4, -0.2) is 45.7 Å². The second-order valence-electron chi connectivity index (χ2n) is 9.78. The summed E-state index contributed by atoms with van der Waals surface area (Å²) >= 11 is 0. The average molecular weight is 474 g/mol. The van der Waals surface area contributed by atoms with Crippen molar-refractivity contribution in [2.24, 2.45) is 0 Å². The predicted molar refractivity (Wildman–Crippen MR) is 129 cm³/mol. The van der Waals surface area contributed by atoms with Gasteiger partial charge in [0.1, 0.15) is 18.1 Å². The van der Waals surface area contributed by atoms with Gasteiger partial charge < -0.3 is 15.4 Å². The van der Waals surface area contributed by atoms with Gasteiger partial charge >= 0.3 is 6.03 Å². The fourth-order valence-electron chi connectivity index (χ4n) is 4.44. The number of benzene rings is 2. The molecule has 2 aliphatic heterocycles. The Morgan fingerprint density at radius 2 is 1.83 bits per heavy atom. The number of para-hydroxylation sites is 2. The monoisotopic (exact) mass is 473 g/mol. The van der Waals surface area contributed by atoms with Crippen LogP contribution >= 0.6 is 0 Å². The molecule has 35 heavy (non-hydrogen) atoms. The lowest BCUT2D eigenvalue weighted by atomic mass is 9.84. The Hall–Kier alpha value is -4.14. The van der Waals surface area contributed by atoms with E-state index in [2.05, 4.69) is 15.7 Å². The van der Waals surface area contributed by atoms with Crippen molar-refractivity contribution in [2.45, 2.75) is 38.1 Å². The van der Waals surface area contributed by atoms with E-state index in [1.807, 2.05) is 63.2 Å². The van der Waals surface area contributed by atoms with Crippen molar-refractivity contribution < 1.29 is 19.1 Å². The summed E-state index contributed by atoms with van der Waals surface area (Å²) in [5.74, 6) is 0.0632. The highest BCUT2D eigenvalue weighted by molar-refractivity contribution is 6.10. The molecule has 5 rings (SSSR count). The maximum absolute atomic E-state index is 13.5. The van der Waals surface area contributed by atoms with Gasteiger partial charge in [0.15, 0.2) is 5.54 Å². The molecular weight excluding hydrogens is 446 g/mol. The standard InChI is InChI=1S/C26H27N5O4/c1-25(2,3)20-15-21(31(29-20)17-9-5-4-6-10-17)27-22(32)16-30-23(33)26(28-24(30)34)13-14-35-19-12-8-7-11-18(19)26/h4-12,15H,13-14,16H2,1-3H3,(H,27,32)(H,28,34). The van der Waals surface area contributed by atoms with Gasteiger partial charge in [-0.1, -0.05) is 57.2 Å². The van der Waals surface area contributed by atoms with Crippen molar-refractivity contribution in [2.75, 3.05) is 18.5 Å². The van der Waals surface area contributed by atoms with Crippen molar-refractivity contribution in [3.05, 3.63) is 71.9 Å². The van der Waals surface area contributed by atoms with Gasteiger partial charge in [-0.2, -0.15) is 5.10 Å². The number of rotatable bonds is 4. The maximum Gasteiger partial charge on any atom is 0.325 e. The number of anilines is 1. The molecule has 4 amide bonds. The molecular formula is C26H27N5O4. The quantitative estimate of drug-likeness (QED) is 0.566. The maximum atomic E-state index is 13.5. The normalized spacial score (nSPS) is 19.3. The van der Waals surface area contributed by atoms with E-state index in [4.69, 9.17) is 4.74 Å². The number of nitrogens with zero attached hydrogens (tertiary/aromatic N) is 3. The molecule has 2 N–H and O–H groups in total. The smallest absolute Gasteiger partial charge is 0.325 e. The van der Waals surface area contributed by atoms with Crippen LogP contribution in [0.15, 0.2) is 60.7 Å². The molecule has 9 nitrogen and oxygen atoms in total. The summed E-state index contributed by atoms with van der Waals surface area (Å²) in [6, 6.07) is 17.8. The Kier molecular flexibility index (Phi) is 5.35. The Balaban J connectivity index is 1.40. The first-order chi connectivity index (χ1) is 16.7. The number of imide groups is 1. The second kappa shape index (κ2) is 8.26. The molecule has 180 valence electrons. The highest BCUT2D eigenvalue weighted by Gasteiger charge is 2.55. The van der Waals surface area contributed by atoms with Crippen LogP contribution in [0.3, 0.4) is 0 Å². The van der Waals surface area contributed by atoms with Crippen LogP contribution < -0.4 is 15.4 Å². The molecule has 1 saturated heterocycles. The fourth-order valence-corrected chi connectivity index (χ4v) is 4.44. The largest absolute Gasteiger partial charge is 0.493 e. The van der Waals surface area contributed by atoms with Crippen LogP contribution in [0.4, 0.5) is 10.6 Å². The van der Waals surface area contributed by atoms with Gasteiger partial charge in [-0.15, -0.1) is 0 Å². The molecule has 1 aromatic heterocycles. The SMILES string of the molecule is CC(C)(C)c1cc(NC(=O)CN2C(=O)NC3(CCOc4ccccc43)C2=O)n(-c2ccccc2)n1. The predicted octanol–water partition coefficient (Wildman–Crippen LogP) is 3.34. The minimum Gasteiger partial charge on any atom is -0.493 e. The van der Waals surface area contributed by atoms with E-state index in [1.54, 1.807) is 22.9 Å². The number of aromatic nitrogens is 2. The molecule has 2 aliphatic rings. The number of urea groups is 1. The number of carbonyl (C=O) groups is 3. The number of hydrogen-bond acceptors (Lipinski definition) is 5. The summed E-state index contributed by atoms with van der Waals surface area (Å²) in [5.41, 5.74) is 0.713. The van der Waals surface area contributed by atoms with E-state index in [0.717, 1.165) is 16.3 Å². The van der Waals surface area contributed by atoms with E-state index < -0.39 is 29.9 Å². The molecule has 1 atom stereocenters. The molecule has 1 unspecified atom stereocenters. The zero-order valence-electron chi connectivity index (χ0n) is 19.9. The van der Waals surface area contributed by atoms with Gasteiger partial charge in [0, 0.05) is 23.5 Å². The molecule has 1 fully saturated rings. The number of carbonyl (C=O) groups excluding carboxylic acids is 3. The number of amides is 4. The van der Waals surface area contributed by atoms with E-state index in [9.17, 15) is 14.4 Å². The highest BCUT2D eigenvalue weighted by Crippen LogP contribution is 2.41. The lowest BCUT2D eigenvalue weighted by Gasteiger charge is -2.33. The third-order valence-electron chi connectivity index (χ3n) is 6.30. The zero-order chi connectivity index (χ0) is 24.8. The van der Waals surface area contributed by atoms with Gasteiger partial charge in [0.25, 0.3) is 5.91 Å². The van der Waals surface area contributed by atoms with Gasteiger partial charge in [0.05, 0.1) is 18.0 Å². The lowest BCUT2D eigenvalue weighted by molar-refractivity contribution is -0.135. The van der Waals surface area contributed by atoms with Crippen molar-refractivity contribution in [3.63, 3.8) is 0 Å². The third-order valence-corrected chi connectivity index (χ3v) is 6.30. The van der Waals surface area contributed by atoms with Crippen LogP contribution in [0.25, 0.3) is 5.69 Å². The molecule has 3 aromatic rings. The van der Waals surface area contributed by atoms with Crippen LogP contribution in [-0.2, 0) is 20.5 Å². The zero-order valence-corrected chi connectivity index (χ0v) is 19.9. The molecule has 3 heterocycles. The van der Waals surface area contributed by atoms with E-state index in [1.165, 1.54) is 0 Å². The van der Waals surface area contributed by atoms with Crippen molar-refractivity contribution in [1.29, 1.82) is 0 Å². The molecule has 0 saturated carbocycles. The van der Waals surface area contributed by atoms with Gasteiger partial charge in [-0.25, -0.2) is 9.48 Å². The van der Waals surface area contributed by atoms with Gasteiger partial charge in [0.2, 0.25) is 5.91 Å². The Labute approximate surface area is 203 Å². The van der Waals surface area contributed by atoms with Crippen molar-refractivity contribution >= 4 is 23.7 Å². The number of hydrogen-bond donors (Lipinski definition) is 2. The molecule has 0 bridgehead atoms. The van der Waals surface area contributed by atoms with E-state index >= 15 is 0 Å². The Morgan fingerprint density at radius 3 is 2.57 bits per heavy atom. The Bertz CT molecular complexity index is 1310. The number of ether oxygens (including phenoxy) is 1. The van der Waals surface area contributed by atoms with Gasteiger partial charge in [-0.3, -0.25) is 14.5 Å². The summed E-state index contributed by atoms with van der Waals surface area (Å²) in [4.78, 5) is 40.3. The fraction of sp³-hybridized carbons (Fsp3) is 0.308. The Morgan fingerprint density at radius 1 is 1.11 bits per heavy atom. The highest BCUT2D eigenvalue weighted by atomic mass is 16.5. The lowest BCUT2D eigenvalue weighted by Crippen LogP contribution is -2.48. The minimum atomic E-state index is -1.22. The average Bonchev–Trinajstić information content (AvgIpc) is 3.35. The third kappa shape index (κ3) is 3.92. The first-order valence-electron chi connectivity index (χ1n) is 11.5. The number of nitrogens with one attached hydrogen (secondary N) is 2. The summed E-state index contributed by atoms with van der Waals surface area (Å²) in [5, 5.41) is 10.3. The summed E-state index contributed by atoms with van der Waals surface area (Å²) in [7, 11) is 0. The first-order valence-corrected chi connectivity index (χ1v) is 11.5. The molecule has 0 aliphatic carbocycles. The number of fused-ring (bicyclic) bond motifs is 2. The van der Waals surface area contributed by atoms with Gasteiger partial charge in [-0.05, 0) is 18.2 Å². The van der Waals surface area contributed by atoms with Crippen LogP contribution in [0.1, 0.15) is 38.4 Å². The van der Waals surface area contributed by atoms with E-state index in [0.29, 0.717) is 23.6 Å². The van der Waals surface area contributed by atoms with Crippen molar-refractivity contribution in [3.8, 4) is 11.4 Å². The topological polar surface area (TPSA) is 106 Å². The van der Waals surface area contributed by atoms with Crippen LogP contribution in [0.2, 0.25) is 0 Å². The summed E-state index contributed by atoms with van der Waals surface area (Å²) < 4.78 is 7.32. The van der Waals surface area contributed by atoms with Crippen LogP contribution in [0.5, 0.6) is 5.75 Å². The van der Waals surface area contributed by atoms with Crippen LogP contribution in [0, 0.1) is 0 Å².